The van der Waals surface area contributed by atoms with Crippen molar-refractivity contribution in [3.8, 4) is 5.75 Å². The Bertz CT molecular complexity index is 1140. The van der Waals surface area contributed by atoms with E-state index in [1.807, 2.05) is 38.1 Å². The summed E-state index contributed by atoms with van der Waals surface area (Å²) >= 11 is 0. The molecular formula is C23H24N2O5. The first-order chi connectivity index (χ1) is 14.4. The topological polar surface area (TPSA) is 81.9 Å². The van der Waals surface area contributed by atoms with Crippen molar-refractivity contribution in [2.75, 3.05) is 26.3 Å². The molecule has 1 aliphatic heterocycles. The van der Waals surface area contributed by atoms with E-state index in [2.05, 4.69) is 4.98 Å². The van der Waals surface area contributed by atoms with Crippen LogP contribution in [0.3, 0.4) is 0 Å². The summed E-state index contributed by atoms with van der Waals surface area (Å²) in [6.45, 7) is 6.75. The van der Waals surface area contributed by atoms with E-state index in [4.69, 9.17) is 13.9 Å². The molecule has 0 spiro atoms. The highest BCUT2D eigenvalue weighted by Gasteiger charge is 2.26. The number of pyridine rings is 1. The molecule has 1 unspecified atom stereocenters. The van der Waals surface area contributed by atoms with Crippen molar-refractivity contribution in [1.82, 2.24) is 9.88 Å². The number of fused-ring (bicyclic) bond motifs is 1. The number of benzene rings is 1. The van der Waals surface area contributed by atoms with Gasteiger partial charge in [-0.05, 0) is 56.2 Å². The Kier molecular flexibility index (Phi) is 5.55. The minimum atomic E-state index is -0.360. The van der Waals surface area contributed by atoms with Gasteiger partial charge in [0.05, 0.1) is 24.2 Å². The zero-order valence-corrected chi connectivity index (χ0v) is 17.3. The molecule has 1 aromatic carbocycles. The predicted octanol–water partition coefficient (Wildman–Crippen LogP) is 3.09. The van der Waals surface area contributed by atoms with Gasteiger partial charge in [-0.25, -0.2) is 4.79 Å². The van der Waals surface area contributed by atoms with E-state index in [-0.39, 0.29) is 24.2 Å². The van der Waals surface area contributed by atoms with Crippen molar-refractivity contribution in [1.29, 1.82) is 0 Å². The zero-order chi connectivity index (χ0) is 21.3. The first-order valence-electron chi connectivity index (χ1n) is 9.92. The molecule has 0 radical (unpaired) electrons. The van der Waals surface area contributed by atoms with Crippen molar-refractivity contribution in [3.05, 3.63) is 69.3 Å². The second kappa shape index (κ2) is 8.28. The number of aromatic nitrogens is 1. The molecule has 2 aromatic heterocycles. The van der Waals surface area contributed by atoms with Gasteiger partial charge in [0.15, 0.2) is 6.61 Å². The number of amides is 1. The molecule has 1 amide bonds. The van der Waals surface area contributed by atoms with Crippen molar-refractivity contribution < 1.29 is 18.7 Å². The number of hydrogen-bond donors (Lipinski definition) is 0. The highest BCUT2D eigenvalue weighted by molar-refractivity contribution is 5.88. The second-order valence-corrected chi connectivity index (χ2v) is 7.52. The SMILES string of the molecule is Cc1cc(OCC(=O)N2CCOC(c3ccccn3)C2)c2c(C)c(C)c(=O)oc2c1. The van der Waals surface area contributed by atoms with Gasteiger partial charge in [-0.3, -0.25) is 9.78 Å². The maximum atomic E-state index is 12.8. The van der Waals surface area contributed by atoms with Gasteiger partial charge < -0.3 is 18.8 Å². The molecule has 156 valence electrons. The van der Waals surface area contributed by atoms with Crippen LogP contribution in [0.15, 0.2) is 45.7 Å². The Balaban J connectivity index is 1.52. The fourth-order valence-electron chi connectivity index (χ4n) is 3.65. The molecule has 0 aliphatic carbocycles. The van der Waals surface area contributed by atoms with Crippen molar-refractivity contribution in [2.45, 2.75) is 26.9 Å². The Morgan fingerprint density at radius 2 is 2.07 bits per heavy atom. The minimum Gasteiger partial charge on any atom is -0.483 e. The van der Waals surface area contributed by atoms with E-state index >= 15 is 0 Å². The molecule has 1 fully saturated rings. The summed E-state index contributed by atoms with van der Waals surface area (Å²) < 4.78 is 17.1. The lowest BCUT2D eigenvalue weighted by molar-refractivity contribution is -0.141. The normalized spacial score (nSPS) is 16.6. The number of ether oxygens (including phenoxy) is 2. The first-order valence-corrected chi connectivity index (χ1v) is 9.92. The average Bonchev–Trinajstić information content (AvgIpc) is 2.76. The summed E-state index contributed by atoms with van der Waals surface area (Å²) in [5.41, 5.74) is 3.13. The molecular weight excluding hydrogens is 384 g/mol. The molecule has 4 rings (SSSR count). The molecule has 1 atom stereocenters. The maximum absolute atomic E-state index is 12.8. The second-order valence-electron chi connectivity index (χ2n) is 7.52. The van der Waals surface area contributed by atoms with Crippen LogP contribution >= 0.6 is 0 Å². The third-order valence-corrected chi connectivity index (χ3v) is 5.44. The summed E-state index contributed by atoms with van der Waals surface area (Å²) in [6.07, 6.45) is 1.47. The molecule has 0 bridgehead atoms. The van der Waals surface area contributed by atoms with Crippen LogP contribution in [0, 0.1) is 20.8 Å². The molecule has 1 aliphatic rings. The lowest BCUT2D eigenvalue weighted by Gasteiger charge is -2.32. The quantitative estimate of drug-likeness (QED) is 0.617. The Hall–Kier alpha value is -3.19. The molecule has 7 nitrogen and oxygen atoms in total. The molecule has 3 heterocycles. The standard InChI is InChI=1S/C23H24N2O5/c1-14-10-18(22-15(2)16(3)23(27)30-19(22)11-14)29-13-21(26)25-8-9-28-20(12-25)17-6-4-5-7-24-17/h4-7,10-11,20H,8-9,12-13H2,1-3H3. The van der Waals surface area contributed by atoms with Crippen LogP contribution in [0.5, 0.6) is 5.75 Å². The fraction of sp³-hybridized carbons (Fsp3) is 0.348. The highest BCUT2D eigenvalue weighted by Crippen LogP contribution is 2.31. The monoisotopic (exact) mass is 408 g/mol. The smallest absolute Gasteiger partial charge is 0.339 e. The third kappa shape index (κ3) is 3.93. The van der Waals surface area contributed by atoms with Crippen LogP contribution in [0.4, 0.5) is 0 Å². The van der Waals surface area contributed by atoms with Gasteiger partial charge in [-0.2, -0.15) is 0 Å². The van der Waals surface area contributed by atoms with Crippen LogP contribution in [0.25, 0.3) is 11.0 Å². The number of morpholine rings is 1. The molecule has 7 heteroatoms. The summed E-state index contributed by atoms with van der Waals surface area (Å²) in [5, 5.41) is 0.721. The van der Waals surface area contributed by atoms with Gasteiger partial charge in [0, 0.05) is 18.3 Å². The minimum absolute atomic E-state index is 0.106. The average molecular weight is 408 g/mol. The van der Waals surface area contributed by atoms with Crippen molar-refractivity contribution in [3.63, 3.8) is 0 Å². The first kappa shape index (κ1) is 20.1. The van der Waals surface area contributed by atoms with Crippen LogP contribution in [0.1, 0.15) is 28.5 Å². The van der Waals surface area contributed by atoms with Crippen LogP contribution in [-0.4, -0.2) is 42.1 Å². The molecule has 0 saturated carbocycles. The number of hydrogen-bond acceptors (Lipinski definition) is 6. The summed E-state index contributed by atoms with van der Waals surface area (Å²) in [4.78, 5) is 30.9. The third-order valence-electron chi connectivity index (χ3n) is 5.44. The van der Waals surface area contributed by atoms with Crippen LogP contribution in [0.2, 0.25) is 0 Å². The molecule has 3 aromatic rings. The van der Waals surface area contributed by atoms with Gasteiger partial charge in [0.25, 0.3) is 5.91 Å². The largest absolute Gasteiger partial charge is 0.483 e. The zero-order valence-electron chi connectivity index (χ0n) is 17.3. The molecule has 0 N–H and O–H groups in total. The number of carbonyl (C=O) groups excluding carboxylic acids is 1. The van der Waals surface area contributed by atoms with Gasteiger partial charge in [-0.15, -0.1) is 0 Å². The molecule has 1 saturated heterocycles. The summed E-state index contributed by atoms with van der Waals surface area (Å²) in [6, 6.07) is 9.31. The lowest BCUT2D eigenvalue weighted by atomic mass is 10.0. The van der Waals surface area contributed by atoms with E-state index in [9.17, 15) is 9.59 Å². The van der Waals surface area contributed by atoms with Gasteiger partial charge in [0.1, 0.15) is 17.4 Å². The van der Waals surface area contributed by atoms with Gasteiger partial charge in [-0.1, -0.05) is 6.07 Å². The Labute approximate surface area is 174 Å². The van der Waals surface area contributed by atoms with Crippen LogP contribution < -0.4 is 10.4 Å². The Morgan fingerprint density at radius 3 is 2.83 bits per heavy atom. The van der Waals surface area contributed by atoms with E-state index in [0.29, 0.717) is 36.6 Å². The van der Waals surface area contributed by atoms with Gasteiger partial charge >= 0.3 is 5.63 Å². The molecule has 30 heavy (non-hydrogen) atoms. The van der Waals surface area contributed by atoms with Crippen LogP contribution in [-0.2, 0) is 9.53 Å². The van der Waals surface area contributed by atoms with Crippen molar-refractivity contribution in [2.24, 2.45) is 0 Å². The maximum Gasteiger partial charge on any atom is 0.339 e. The number of rotatable bonds is 4. The number of aryl methyl sites for hydroxylation is 2. The predicted molar refractivity (Wildman–Crippen MR) is 112 cm³/mol. The fourth-order valence-corrected chi connectivity index (χ4v) is 3.65. The van der Waals surface area contributed by atoms with E-state index in [0.717, 1.165) is 22.2 Å². The highest BCUT2D eigenvalue weighted by atomic mass is 16.5. The lowest BCUT2D eigenvalue weighted by Crippen LogP contribution is -2.44. The Morgan fingerprint density at radius 1 is 1.23 bits per heavy atom. The summed E-state index contributed by atoms with van der Waals surface area (Å²) in [5.74, 6) is 0.415. The summed E-state index contributed by atoms with van der Waals surface area (Å²) in [7, 11) is 0. The number of nitrogens with zero attached hydrogens (tertiary/aromatic N) is 2. The van der Waals surface area contributed by atoms with E-state index < -0.39 is 0 Å². The number of carbonyl (C=O) groups is 1. The van der Waals surface area contributed by atoms with Crippen molar-refractivity contribution >= 4 is 16.9 Å². The van der Waals surface area contributed by atoms with Gasteiger partial charge in [0.2, 0.25) is 0 Å². The van der Waals surface area contributed by atoms with E-state index in [1.165, 1.54) is 0 Å². The van der Waals surface area contributed by atoms with E-state index in [1.54, 1.807) is 24.1 Å².